The summed E-state index contributed by atoms with van der Waals surface area (Å²) in [5.41, 5.74) is 1.48. The molecule has 1 atom stereocenters. The second-order valence-electron chi connectivity index (χ2n) is 4.74. The van der Waals surface area contributed by atoms with Crippen LogP contribution >= 0.6 is 0 Å². The second kappa shape index (κ2) is 4.87. The number of aliphatic hydroxyl groups is 1. The summed E-state index contributed by atoms with van der Waals surface area (Å²) in [6, 6.07) is 1.81. The first-order valence-electron chi connectivity index (χ1n) is 6.02. The molecule has 2 rings (SSSR count). The molecule has 1 aliphatic rings. The Morgan fingerprint density at radius 3 is 3.00 bits per heavy atom. The molecule has 1 fully saturated rings. The number of piperidine rings is 1. The van der Waals surface area contributed by atoms with Crippen molar-refractivity contribution in [2.24, 2.45) is 13.0 Å². The number of aryl methyl sites for hydroxylation is 2. The maximum absolute atomic E-state index is 12.2. The fourth-order valence-corrected chi connectivity index (χ4v) is 2.23. The predicted molar refractivity (Wildman–Crippen MR) is 63.7 cm³/mol. The number of amides is 1. The van der Waals surface area contributed by atoms with Crippen LogP contribution in [0.1, 0.15) is 29.0 Å². The maximum atomic E-state index is 12.2. The van der Waals surface area contributed by atoms with Crippen LogP contribution in [0.5, 0.6) is 0 Å². The lowest BCUT2D eigenvalue weighted by Crippen LogP contribution is -2.41. The van der Waals surface area contributed by atoms with Gasteiger partial charge in [0.1, 0.15) is 0 Å². The number of rotatable bonds is 2. The molecular formula is C12H19N3O2. The summed E-state index contributed by atoms with van der Waals surface area (Å²) in [6.45, 7) is 3.50. The van der Waals surface area contributed by atoms with Crippen LogP contribution in [0.15, 0.2) is 6.07 Å². The Kier molecular flexibility index (Phi) is 3.47. The number of nitrogens with zero attached hydrogens (tertiary/aromatic N) is 3. The lowest BCUT2D eigenvalue weighted by Gasteiger charge is -2.31. The summed E-state index contributed by atoms with van der Waals surface area (Å²) in [5, 5.41) is 13.4. The normalized spacial score (nSPS) is 20.6. The van der Waals surface area contributed by atoms with Crippen LogP contribution in [0.4, 0.5) is 0 Å². The molecule has 1 saturated heterocycles. The van der Waals surface area contributed by atoms with Crippen LogP contribution in [-0.2, 0) is 7.05 Å². The Morgan fingerprint density at radius 2 is 2.41 bits per heavy atom. The Balaban J connectivity index is 2.09. The number of likely N-dealkylation sites (tertiary alicyclic amines) is 1. The van der Waals surface area contributed by atoms with Crippen molar-refractivity contribution in [1.82, 2.24) is 14.7 Å². The number of aromatic nitrogens is 2. The number of hydrogen-bond donors (Lipinski definition) is 1. The molecule has 0 bridgehead atoms. The van der Waals surface area contributed by atoms with Gasteiger partial charge in [0.25, 0.3) is 5.91 Å². The molecule has 0 aliphatic carbocycles. The van der Waals surface area contributed by atoms with E-state index in [4.69, 9.17) is 5.11 Å². The van der Waals surface area contributed by atoms with Crippen molar-refractivity contribution >= 4 is 5.91 Å². The fraction of sp³-hybridized carbons (Fsp3) is 0.667. The molecule has 0 aromatic carbocycles. The predicted octanol–water partition coefficient (Wildman–Crippen LogP) is 0.573. The lowest BCUT2D eigenvalue weighted by molar-refractivity contribution is 0.0614. The lowest BCUT2D eigenvalue weighted by atomic mass is 9.99. The third-order valence-electron chi connectivity index (χ3n) is 3.40. The van der Waals surface area contributed by atoms with E-state index in [2.05, 4.69) is 5.10 Å². The van der Waals surface area contributed by atoms with Crippen molar-refractivity contribution in [1.29, 1.82) is 0 Å². The highest BCUT2D eigenvalue weighted by Gasteiger charge is 2.25. The molecule has 5 heteroatoms. The average molecular weight is 237 g/mol. The molecule has 0 saturated carbocycles. The topological polar surface area (TPSA) is 58.4 Å². The van der Waals surface area contributed by atoms with E-state index in [0.29, 0.717) is 12.2 Å². The van der Waals surface area contributed by atoms with Crippen LogP contribution in [0.25, 0.3) is 0 Å². The molecule has 1 N–H and O–H groups in total. The van der Waals surface area contributed by atoms with Gasteiger partial charge in [-0.1, -0.05) is 0 Å². The monoisotopic (exact) mass is 237 g/mol. The first kappa shape index (κ1) is 12.1. The van der Waals surface area contributed by atoms with Gasteiger partial charge in [0.05, 0.1) is 0 Å². The zero-order chi connectivity index (χ0) is 12.4. The number of carbonyl (C=O) groups is 1. The molecule has 17 heavy (non-hydrogen) atoms. The minimum absolute atomic E-state index is 0.0214. The second-order valence-corrected chi connectivity index (χ2v) is 4.74. The Labute approximate surface area is 101 Å². The summed E-state index contributed by atoms with van der Waals surface area (Å²) in [5.74, 6) is 0.198. The summed E-state index contributed by atoms with van der Waals surface area (Å²) < 4.78 is 1.71. The largest absolute Gasteiger partial charge is 0.396 e. The first-order valence-corrected chi connectivity index (χ1v) is 6.02. The van der Waals surface area contributed by atoms with Gasteiger partial charge in [0.2, 0.25) is 0 Å². The summed E-state index contributed by atoms with van der Waals surface area (Å²) in [7, 11) is 1.83. The van der Waals surface area contributed by atoms with E-state index in [0.717, 1.165) is 25.1 Å². The van der Waals surface area contributed by atoms with Gasteiger partial charge in [-0.2, -0.15) is 5.10 Å². The Hall–Kier alpha value is -1.36. The molecule has 1 aromatic heterocycles. The van der Waals surface area contributed by atoms with Gasteiger partial charge in [-0.05, 0) is 31.7 Å². The van der Waals surface area contributed by atoms with Crippen molar-refractivity contribution in [2.45, 2.75) is 19.8 Å². The number of carbonyl (C=O) groups excluding carboxylic acids is 1. The molecule has 1 amide bonds. The highest BCUT2D eigenvalue weighted by molar-refractivity contribution is 5.92. The highest BCUT2D eigenvalue weighted by atomic mass is 16.3. The van der Waals surface area contributed by atoms with Crippen molar-refractivity contribution in [2.75, 3.05) is 19.7 Å². The van der Waals surface area contributed by atoms with Gasteiger partial charge >= 0.3 is 0 Å². The highest BCUT2D eigenvalue weighted by Crippen LogP contribution is 2.17. The Morgan fingerprint density at radius 1 is 1.65 bits per heavy atom. The van der Waals surface area contributed by atoms with Crippen LogP contribution in [0.2, 0.25) is 0 Å². The minimum Gasteiger partial charge on any atom is -0.396 e. The molecule has 0 spiro atoms. The van der Waals surface area contributed by atoms with Crippen LogP contribution < -0.4 is 0 Å². The molecule has 0 unspecified atom stereocenters. The van der Waals surface area contributed by atoms with E-state index in [1.54, 1.807) is 9.58 Å². The number of hydrogen-bond acceptors (Lipinski definition) is 3. The molecular weight excluding hydrogens is 218 g/mol. The standard InChI is InChI=1S/C12H19N3O2/c1-9-6-11(13-14(9)2)12(17)15-5-3-4-10(7-15)8-16/h6,10,16H,3-5,7-8H2,1-2H3/t10-/m1/s1. The minimum atomic E-state index is -0.0214. The van der Waals surface area contributed by atoms with E-state index in [9.17, 15) is 4.79 Å². The third-order valence-corrected chi connectivity index (χ3v) is 3.40. The summed E-state index contributed by atoms with van der Waals surface area (Å²) >= 11 is 0. The van der Waals surface area contributed by atoms with Crippen LogP contribution in [0, 0.1) is 12.8 Å². The third kappa shape index (κ3) is 2.49. The van der Waals surface area contributed by atoms with Gasteiger partial charge in [-0.15, -0.1) is 0 Å². The SMILES string of the molecule is Cc1cc(C(=O)N2CCC[C@@H](CO)C2)nn1C. The zero-order valence-corrected chi connectivity index (χ0v) is 10.4. The van der Waals surface area contributed by atoms with Crippen molar-refractivity contribution in [3.8, 4) is 0 Å². The van der Waals surface area contributed by atoms with E-state index in [-0.39, 0.29) is 18.4 Å². The first-order chi connectivity index (χ1) is 8.11. The van der Waals surface area contributed by atoms with Gasteiger partial charge in [0.15, 0.2) is 5.69 Å². The summed E-state index contributed by atoms with van der Waals surface area (Å²) in [6.07, 6.45) is 1.96. The zero-order valence-electron chi connectivity index (χ0n) is 10.4. The van der Waals surface area contributed by atoms with Gasteiger partial charge in [-0.25, -0.2) is 0 Å². The van der Waals surface area contributed by atoms with E-state index in [1.807, 2.05) is 20.0 Å². The van der Waals surface area contributed by atoms with Crippen LogP contribution in [0.3, 0.4) is 0 Å². The van der Waals surface area contributed by atoms with E-state index < -0.39 is 0 Å². The molecule has 0 radical (unpaired) electrons. The van der Waals surface area contributed by atoms with E-state index in [1.165, 1.54) is 0 Å². The molecule has 94 valence electrons. The average Bonchev–Trinajstić information content (AvgIpc) is 2.69. The maximum Gasteiger partial charge on any atom is 0.274 e. The fourth-order valence-electron chi connectivity index (χ4n) is 2.23. The molecule has 2 heterocycles. The van der Waals surface area contributed by atoms with E-state index >= 15 is 0 Å². The van der Waals surface area contributed by atoms with Gasteiger partial charge in [0, 0.05) is 32.4 Å². The molecule has 5 nitrogen and oxygen atoms in total. The van der Waals surface area contributed by atoms with Crippen molar-refractivity contribution in [3.05, 3.63) is 17.5 Å². The smallest absolute Gasteiger partial charge is 0.274 e. The van der Waals surface area contributed by atoms with Crippen molar-refractivity contribution in [3.63, 3.8) is 0 Å². The van der Waals surface area contributed by atoms with Crippen molar-refractivity contribution < 1.29 is 9.90 Å². The summed E-state index contributed by atoms with van der Waals surface area (Å²) in [4.78, 5) is 14.0. The van der Waals surface area contributed by atoms with Gasteiger partial charge in [-0.3, -0.25) is 9.48 Å². The van der Waals surface area contributed by atoms with Crippen LogP contribution in [-0.4, -0.2) is 45.4 Å². The Bertz CT molecular complexity index is 394. The number of aliphatic hydroxyl groups excluding tert-OH is 1. The van der Waals surface area contributed by atoms with Gasteiger partial charge < -0.3 is 10.0 Å². The molecule has 1 aliphatic heterocycles. The quantitative estimate of drug-likeness (QED) is 0.818. The molecule has 1 aromatic rings.